The van der Waals surface area contributed by atoms with Gasteiger partial charge in [-0.05, 0) is 42.4 Å². The predicted molar refractivity (Wildman–Crippen MR) is 106 cm³/mol. The summed E-state index contributed by atoms with van der Waals surface area (Å²) in [6.45, 7) is 3.05. The highest BCUT2D eigenvalue weighted by Gasteiger charge is 2.63. The summed E-state index contributed by atoms with van der Waals surface area (Å²) >= 11 is 11.8. The van der Waals surface area contributed by atoms with E-state index in [9.17, 15) is 9.18 Å². The first-order valence-corrected chi connectivity index (χ1v) is 10.3. The molecule has 3 aliphatic rings. The van der Waals surface area contributed by atoms with Gasteiger partial charge in [-0.25, -0.2) is 4.39 Å². The summed E-state index contributed by atoms with van der Waals surface area (Å²) in [7, 11) is 1.92. The lowest BCUT2D eigenvalue weighted by molar-refractivity contribution is -0.134. The average Bonchev–Trinajstić information content (AvgIpc) is 3.26. The van der Waals surface area contributed by atoms with Crippen LogP contribution in [-0.4, -0.2) is 46.2 Å². The fourth-order valence-electron chi connectivity index (χ4n) is 4.93. The standard InChI is InChI=1S/C20H21ClFN3O2S/c1-23-16(9-17(26)24-4-6-27-7-5-24)18-14-10-20(14,11-25(18)19(23)28)13-8-12(21)2-3-15(13)22/h2-3,8,14H,4-7,9-11H2,1H3/t14?,20-/m1/s1. The molecule has 3 heterocycles. The minimum atomic E-state index is -0.289. The van der Waals surface area contributed by atoms with Gasteiger partial charge in [0.05, 0.1) is 19.6 Å². The molecule has 0 N–H and O–H groups in total. The lowest BCUT2D eigenvalue weighted by Crippen LogP contribution is -2.41. The van der Waals surface area contributed by atoms with Crippen molar-refractivity contribution < 1.29 is 13.9 Å². The van der Waals surface area contributed by atoms with Crippen LogP contribution in [0.4, 0.5) is 4.39 Å². The van der Waals surface area contributed by atoms with Gasteiger partial charge in [-0.3, -0.25) is 4.79 Å². The van der Waals surface area contributed by atoms with Crippen LogP contribution in [0.2, 0.25) is 5.02 Å². The number of benzene rings is 1. The SMILES string of the molecule is Cn1c(CC(=O)N2CCOCC2)c2n(c1=S)C[C@@]1(c3cc(Cl)ccc3F)CC21. The number of rotatable bonds is 3. The number of morpholine rings is 1. The third-order valence-electron chi connectivity index (χ3n) is 6.50. The Balaban J connectivity index is 1.49. The molecule has 1 saturated carbocycles. The largest absolute Gasteiger partial charge is 0.378 e. The Labute approximate surface area is 172 Å². The van der Waals surface area contributed by atoms with Crippen molar-refractivity contribution in [2.24, 2.45) is 7.05 Å². The molecular weight excluding hydrogens is 401 g/mol. The van der Waals surface area contributed by atoms with E-state index in [1.165, 1.54) is 6.07 Å². The lowest BCUT2D eigenvalue weighted by Gasteiger charge is -2.27. The number of aromatic nitrogens is 2. The summed E-state index contributed by atoms with van der Waals surface area (Å²) in [6, 6.07) is 4.76. The van der Waals surface area contributed by atoms with Crippen molar-refractivity contribution in [1.29, 1.82) is 0 Å². The third kappa shape index (κ3) is 2.60. The summed E-state index contributed by atoms with van der Waals surface area (Å²) in [5, 5.41) is 0.542. The highest BCUT2D eigenvalue weighted by atomic mass is 35.5. The topological polar surface area (TPSA) is 39.4 Å². The van der Waals surface area contributed by atoms with Gasteiger partial charge in [0.25, 0.3) is 0 Å². The second-order valence-corrected chi connectivity index (χ2v) is 8.77. The van der Waals surface area contributed by atoms with Gasteiger partial charge in [0.15, 0.2) is 4.77 Å². The third-order valence-corrected chi connectivity index (χ3v) is 7.23. The summed E-state index contributed by atoms with van der Waals surface area (Å²) in [6.07, 6.45) is 1.18. The van der Waals surface area contributed by atoms with Gasteiger partial charge >= 0.3 is 0 Å². The molecule has 2 fully saturated rings. The van der Waals surface area contributed by atoms with E-state index in [4.69, 9.17) is 28.6 Å². The van der Waals surface area contributed by atoms with Gasteiger partial charge in [0.2, 0.25) is 5.91 Å². The summed E-state index contributed by atoms with van der Waals surface area (Å²) in [5.74, 6) is 0.0455. The van der Waals surface area contributed by atoms with Crippen molar-refractivity contribution in [3.05, 3.63) is 50.8 Å². The van der Waals surface area contributed by atoms with Crippen LogP contribution in [0.3, 0.4) is 0 Å². The molecular formula is C20H21ClFN3O2S. The van der Waals surface area contributed by atoms with E-state index in [-0.39, 0.29) is 23.1 Å². The molecule has 2 aliphatic heterocycles. The molecule has 1 saturated heterocycles. The number of hydrogen-bond acceptors (Lipinski definition) is 3. The molecule has 0 spiro atoms. The Bertz CT molecular complexity index is 1040. The number of carbonyl (C=O) groups excluding carboxylic acids is 1. The number of carbonyl (C=O) groups is 1. The van der Waals surface area contributed by atoms with Crippen molar-refractivity contribution in [2.75, 3.05) is 26.3 Å². The Hall–Kier alpha value is -1.70. The van der Waals surface area contributed by atoms with Crippen LogP contribution in [-0.2, 0) is 35.0 Å². The maximum Gasteiger partial charge on any atom is 0.228 e. The van der Waals surface area contributed by atoms with E-state index in [0.29, 0.717) is 54.6 Å². The lowest BCUT2D eigenvalue weighted by atomic mass is 9.93. The normalized spacial score (nSPS) is 25.5. The van der Waals surface area contributed by atoms with E-state index in [1.54, 1.807) is 12.1 Å². The molecule has 2 aromatic rings. The van der Waals surface area contributed by atoms with Crippen molar-refractivity contribution >= 4 is 29.7 Å². The summed E-state index contributed by atoms with van der Waals surface area (Å²) < 4.78 is 24.6. The fourth-order valence-corrected chi connectivity index (χ4v) is 5.37. The summed E-state index contributed by atoms with van der Waals surface area (Å²) in [4.78, 5) is 14.7. The Morgan fingerprint density at radius 1 is 1.39 bits per heavy atom. The van der Waals surface area contributed by atoms with Crippen molar-refractivity contribution in [3.8, 4) is 0 Å². The van der Waals surface area contributed by atoms with Crippen molar-refractivity contribution in [1.82, 2.24) is 14.0 Å². The number of ether oxygens (including phenoxy) is 1. The van der Waals surface area contributed by atoms with Crippen LogP contribution in [0.15, 0.2) is 18.2 Å². The number of amides is 1. The van der Waals surface area contributed by atoms with Crippen LogP contribution in [0.25, 0.3) is 0 Å². The van der Waals surface area contributed by atoms with Crippen LogP contribution in [0.1, 0.15) is 29.3 Å². The van der Waals surface area contributed by atoms with E-state index >= 15 is 0 Å². The molecule has 2 atom stereocenters. The first-order chi connectivity index (χ1) is 13.4. The van der Waals surface area contributed by atoms with E-state index in [2.05, 4.69) is 4.57 Å². The summed E-state index contributed by atoms with van der Waals surface area (Å²) in [5.41, 5.74) is 2.42. The molecule has 5 nitrogen and oxygen atoms in total. The molecule has 1 aliphatic carbocycles. The Morgan fingerprint density at radius 2 is 2.14 bits per heavy atom. The maximum absolute atomic E-state index is 14.6. The van der Waals surface area contributed by atoms with Crippen molar-refractivity contribution in [3.63, 3.8) is 0 Å². The maximum atomic E-state index is 14.6. The average molecular weight is 422 g/mol. The highest BCUT2D eigenvalue weighted by Crippen LogP contribution is 2.66. The molecule has 148 valence electrons. The Kier molecular flexibility index (Phi) is 4.19. The molecule has 5 rings (SSSR count). The van der Waals surface area contributed by atoms with Crippen LogP contribution >= 0.6 is 23.8 Å². The van der Waals surface area contributed by atoms with Crippen LogP contribution in [0, 0.1) is 10.6 Å². The Morgan fingerprint density at radius 3 is 2.89 bits per heavy atom. The zero-order valence-corrected chi connectivity index (χ0v) is 17.2. The number of imidazole rings is 1. The van der Waals surface area contributed by atoms with E-state index in [1.807, 2.05) is 16.5 Å². The predicted octanol–water partition coefficient (Wildman–Crippen LogP) is 3.19. The molecule has 0 bridgehead atoms. The molecule has 1 amide bonds. The van der Waals surface area contributed by atoms with Gasteiger partial charge in [-0.2, -0.15) is 0 Å². The van der Waals surface area contributed by atoms with Gasteiger partial charge in [0, 0.05) is 54.4 Å². The zero-order chi connectivity index (χ0) is 19.6. The minimum absolute atomic E-state index is 0.0920. The quantitative estimate of drug-likeness (QED) is 0.714. The second kappa shape index (κ2) is 6.40. The molecule has 1 aromatic heterocycles. The van der Waals surface area contributed by atoms with Crippen LogP contribution < -0.4 is 0 Å². The number of hydrogen-bond donors (Lipinski definition) is 0. The van der Waals surface area contributed by atoms with Crippen LogP contribution in [0.5, 0.6) is 0 Å². The van der Waals surface area contributed by atoms with E-state index < -0.39 is 0 Å². The van der Waals surface area contributed by atoms with Gasteiger partial charge < -0.3 is 18.8 Å². The van der Waals surface area contributed by atoms with E-state index in [0.717, 1.165) is 17.8 Å². The van der Waals surface area contributed by atoms with Gasteiger partial charge in [-0.15, -0.1) is 0 Å². The minimum Gasteiger partial charge on any atom is -0.378 e. The molecule has 0 radical (unpaired) electrons. The van der Waals surface area contributed by atoms with Gasteiger partial charge in [0.1, 0.15) is 5.82 Å². The first kappa shape index (κ1) is 18.3. The number of nitrogens with zero attached hydrogens (tertiary/aromatic N) is 3. The number of fused-ring (bicyclic) bond motifs is 3. The molecule has 1 unspecified atom stereocenters. The number of halogens is 2. The highest BCUT2D eigenvalue weighted by molar-refractivity contribution is 7.71. The smallest absolute Gasteiger partial charge is 0.228 e. The second-order valence-electron chi connectivity index (χ2n) is 7.97. The molecule has 28 heavy (non-hydrogen) atoms. The zero-order valence-electron chi connectivity index (χ0n) is 15.6. The fraction of sp³-hybridized carbons (Fsp3) is 0.500. The first-order valence-electron chi connectivity index (χ1n) is 9.52. The molecule has 8 heteroatoms. The van der Waals surface area contributed by atoms with Crippen molar-refractivity contribution in [2.45, 2.75) is 30.7 Å². The monoisotopic (exact) mass is 421 g/mol. The van der Waals surface area contributed by atoms with Gasteiger partial charge in [-0.1, -0.05) is 11.6 Å². The molecule has 1 aromatic carbocycles.